The fourth-order valence-corrected chi connectivity index (χ4v) is 3.00. The lowest BCUT2D eigenvalue weighted by Gasteiger charge is -2.26. The Hall–Kier alpha value is -2.85. The number of nitrogens with two attached hydrogens (primary N) is 1. The van der Waals surface area contributed by atoms with Crippen LogP contribution in [-0.2, 0) is 6.54 Å². The molecule has 0 aliphatic carbocycles. The van der Waals surface area contributed by atoms with Crippen molar-refractivity contribution in [1.82, 2.24) is 9.88 Å². The maximum atomic E-state index is 9.15. The lowest BCUT2D eigenvalue weighted by atomic mass is 10.1. The maximum absolute atomic E-state index is 9.15. The van der Waals surface area contributed by atoms with Crippen molar-refractivity contribution in [1.29, 1.82) is 5.26 Å². The number of aromatic nitrogens is 1. The summed E-state index contributed by atoms with van der Waals surface area (Å²) in [7, 11) is 0. The molecule has 0 aliphatic heterocycles. The summed E-state index contributed by atoms with van der Waals surface area (Å²) in [4.78, 5) is 10.0. The standard InChI is InChI=1S/C20H19ClN6.ClH/c21-18-3-1-2-15(10-18)13-27(9-7-22)20(25-14-23)26-19-5-4-17-12-24-8-6-16(17)11-19;/h1-6,8,10-12H,7,9,13,22H2,(H,25,26);1H. The normalized spacial score (nSPS) is 10.8. The SMILES string of the molecule is Cl.N#CN=C(Nc1ccc2cnccc2c1)N(CCN)Cc1cccc(Cl)c1. The van der Waals surface area contributed by atoms with Crippen molar-refractivity contribution in [3.8, 4) is 6.19 Å². The third-order valence-electron chi connectivity index (χ3n) is 4.01. The van der Waals surface area contributed by atoms with Crippen LogP contribution in [0, 0.1) is 11.5 Å². The molecule has 0 radical (unpaired) electrons. The van der Waals surface area contributed by atoms with Gasteiger partial charge in [0.25, 0.3) is 0 Å². The highest BCUT2D eigenvalue weighted by Gasteiger charge is 2.13. The van der Waals surface area contributed by atoms with E-state index in [1.807, 2.05) is 65.8 Å². The molecule has 0 saturated heterocycles. The molecule has 0 unspecified atom stereocenters. The van der Waals surface area contributed by atoms with Crippen LogP contribution in [-0.4, -0.2) is 28.9 Å². The highest BCUT2D eigenvalue weighted by Crippen LogP contribution is 2.19. The number of rotatable bonds is 5. The van der Waals surface area contributed by atoms with E-state index in [9.17, 15) is 0 Å². The first kappa shape index (κ1) is 21.5. The lowest BCUT2D eigenvalue weighted by molar-refractivity contribution is 0.421. The molecule has 2 aromatic carbocycles. The first-order valence-electron chi connectivity index (χ1n) is 8.46. The smallest absolute Gasteiger partial charge is 0.214 e. The van der Waals surface area contributed by atoms with E-state index in [0.717, 1.165) is 22.0 Å². The molecule has 28 heavy (non-hydrogen) atoms. The predicted octanol–water partition coefficient (Wildman–Crippen LogP) is 4.02. The van der Waals surface area contributed by atoms with E-state index in [0.29, 0.717) is 30.6 Å². The zero-order chi connectivity index (χ0) is 19.1. The summed E-state index contributed by atoms with van der Waals surface area (Å²) in [5.41, 5.74) is 7.61. The molecule has 1 aromatic heterocycles. The minimum Gasteiger partial charge on any atom is -0.336 e. The minimum absolute atomic E-state index is 0. The number of anilines is 1. The number of hydrogen-bond acceptors (Lipinski definition) is 4. The predicted molar refractivity (Wildman–Crippen MR) is 117 cm³/mol. The van der Waals surface area contributed by atoms with E-state index in [4.69, 9.17) is 22.6 Å². The van der Waals surface area contributed by atoms with Crippen molar-refractivity contribution >= 4 is 46.4 Å². The number of hydrogen-bond donors (Lipinski definition) is 2. The van der Waals surface area contributed by atoms with Crippen LogP contribution in [0.5, 0.6) is 0 Å². The maximum Gasteiger partial charge on any atom is 0.214 e. The van der Waals surface area contributed by atoms with Crippen LogP contribution in [0.2, 0.25) is 5.02 Å². The van der Waals surface area contributed by atoms with Crippen molar-refractivity contribution in [2.75, 3.05) is 18.4 Å². The van der Waals surface area contributed by atoms with Gasteiger partial charge in [-0.05, 0) is 41.3 Å². The Morgan fingerprint density at radius 3 is 2.82 bits per heavy atom. The number of guanidine groups is 1. The Balaban J connectivity index is 0.00000280. The number of nitrogens with zero attached hydrogens (tertiary/aromatic N) is 4. The van der Waals surface area contributed by atoms with Gasteiger partial charge in [-0.25, -0.2) is 0 Å². The highest BCUT2D eigenvalue weighted by molar-refractivity contribution is 6.30. The molecular weight excluding hydrogens is 395 g/mol. The van der Waals surface area contributed by atoms with Gasteiger partial charge < -0.3 is 16.0 Å². The Labute approximate surface area is 175 Å². The Kier molecular flexibility index (Phi) is 8.02. The van der Waals surface area contributed by atoms with Gasteiger partial charge in [0.15, 0.2) is 0 Å². The molecular formula is C20H20Cl2N6. The van der Waals surface area contributed by atoms with Crippen LogP contribution in [0.25, 0.3) is 10.8 Å². The number of pyridine rings is 1. The molecule has 3 N–H and O–H groups in total. The quantitative estimate of drug-likeness (QED) is 0.373. The summed E-state index contributed by atoms with van der Waals surface area (Å²) in [5.74, 6) is 0.441. The molecule has 0 atom stereocenters. The molecule has 0 amide bonds. The van der Waals surface area contributed by atoms with Crippen LogP contribution in [0.15, 0.2) is 65.9 Å². The monoisotopic (exact) mass is 414 g/mol. The van der Waals surface area contributed by atoms with Gasteiger partial charge in [-0.3, -0.25) is 4.98 Å². The lowest BCUT2D eigenvalue weighted by Crippen LogP contribution is -2.39. The fourth-order valence-electron chi connectivity index (χ4n) is 2.79. The van der Waals surface area contributed by atoms with Crippen LogP contribution >= 0.6 is 24.0 Å². The first-order valence-corrected chi connectivity index (χ1v) is 8.84. The Morgan fingerprint density at radius 1 is 1.21 bits per heavy atom. The average molecular weight is 415 g/mol. The molecule has 0 saturated carbocycles. The van der Waals surface area contributed by atoms with Crippen molar-refractivity contribution in [3.63, 3.8) is 0 Å². The number of nitriles is 1. The fraction of sp³-hybridized carbons (Fsp3) is 0.150. The van der Waals surface area contributed by atoms with Gasteiger partial charge in [-0.2, -0.15) is 5.26 Å². The van der Waals surface area contributed by atoms with Crippen LogP contribution in [0.1, 0.15) is 5.56 Å². The van der Waals surface area contributed by atoms with Crippen LogP contribution < -0.4 is 11.1 Å². The highest BCUT2D eigenvalue weighted by atomic mass is 35.5. The molecule has 0 fully saturated rings. The number of benzene rings is 2. The van der Waals surface area contributed by atoms with E-state index < -0.39 is 0 Å². The van der Waals surface area contributed by atoms with Gasteiger partial charge in [-0.15, -0.1) is 17.4 Å². The van der Waals surface area contributed by atoms with Crippen molar-refractivity contribution in [2.45, 2.75) is 6.54 Å². The molecule has 6 nitrogen and oxygen atoms in total. The second kappa shape index (κ2) is 10.5. The average Bonchev–Trinajstić information content (AvgIpc) is 2.67. The van der Waals surface area contributed by atoms with Crippen LogP contribution in [0.4, 0.5) is 5.69 Å². The third kappa shape index (κ3) is 5.57. The largest absolute Gasteiger partial charge is 0.336 e. The van der Waals surface area contributed by atoms with E-state index in [2.05, 4.69) is 15.3 Å². The minimum atomic E-state index is 0. The molecule has 0 spiro atoms. The number of fused-ring (bicyclic) bond motifs is 1. The Morgan fingerprint density at radius 2 is 2.07 bits per heavy atom. The summed E-state index contributed by atoms with van der Waals surface area (Å²) in [6, 6.07) is 15.4. The molecule has 8 heteroatoms. The second-order valence-corrected chi connectivity index (χ2v) is 6.37. The summed E-state index contributed by atoms with van der Waals surface area (Å²) < 4.78 is 0. The van der Waals surface area contributed by atoms with Gasteiger partial charge >= 0.3 is 0 Å². The summed E-state index contributed by atoms with van der Waals surface area (Å²) in [5, 5.41) is 15.1. The van der Waals surface area contributed by atoms with Gasteiger partial charge in [0.2, 0.25) is 12.2 Å². The second-order valence-electron chi connectivity index (χ2n) is 5.94. The molecule has 1 heterocycles. The zero-order valence-corrected chi connectivity index (χ0v) is 16.6. The van der Waals surface area contributed by atoms with E-state index in [1.54, 1.807) is 6.20 Å². The first-order chi connectivity index (χ1) is 13.2. The van der Waals surface area contributed by atoms with E-state index in [1.165, 1.54) is 0 Å². The summed E-state index contributed by atoms with van der Waals surface area (Å²) in [6.45, 7) is 1.50. The van der Waals surface area contributed by atoms with E-state index in [-0.39, 0.29) is 12.4 Å². The third-order valence-corrected chi connectivity index (χ3v) is 4.25. The number of nitrogens with one attached hydrogen (secondary N) is 1. The molecule has 0 aliphatic rings. The van der Waals surface area contributed by atoms with Crippen molar-refractivity contribution < 1.29 is 0 Å². The van der Waals surface area contributed by atoms with Crippen LogP contribution in [0.3, 0.4) is 0 Å². The number of halogens is 2. The Bertz CT molecular complexity index is 999. The van der Waals surface area contributed by atoms with Gasteiger partial charge in [0, 0.05) is 48.1 Å². The topological polar surface area (TPSA) is 90.3 Å². The molecule has 3 rings (SSSR count). The summed E-state index contributed by atoms with van der Waals surface area (Å²) >= 11 is 6.08. The molecule has 144 valence electrons. The molecule has 3 aromatic rings. The molecule has 0 bridgehead atoms. The summed E-state index contributed by atoms with van der Waals surface area (Å²) in [6.07, 6.45) is 5.42. The number of aliphatic imine (C=N–C) groups is 1. The van der Waals surface area contributed by atoms with Gasteiger partial charge in [0.1, 0.15) is 0 Å². The van der Waals surface area contributed by atoms with Gasteiger partial charge in [0.05, 0.1) is 0 Å². The van der Waals surface area contributed by atoms with Crippen molar-refractivity contribution in [3.05, 3.63) is 71.5 Å². The van der Waals surface area contributed by atoms with Crippen molar-refractivity contribution in [2.24, 2.45) is 10.7 Å². The zero-order valence-electron chi connectivity index (χ0n) is 15.0. The van der Waals surface area contributed by atoms with Gasteiger partial charge in [-0.1, -0.05) is 29.8 Å². The van der Waals surface area contributed by atoms with E-state index >= 15 is 0 Å².